The van der Waals surface area contributed by atoms with Crippen molar-refractivity contribution in [2.24, 2.45) is 5.92 Å². The van der Waals surface area contributed by atoms with E-state index in [1.165, 1.54) is 11.3 Å². The average Bonchev–Trinajstić information content (AvgIpc) is 2.88. The molecule has 6 nitrogen and oxygen atoms in total. The van der Waals surface area contributed by atoms with Gasteiger partial charge in [0.05, 0.1) is 0 Å². The maximum Gasteiger partial charge on any atom is 0.230 e. The van der Waals surface area contributed by atoms with Gasteiger partial charge in [0, 0.05) is 18.7 Å². The van der Waals surface area contributed by atoms with Crippen molar-refractivity contribution in [1.29, 1.82) is 0 Å². The molecule has 0 bridgehead atoms. The zero-order valence-corrected chi connectivity index (χ0v) is 14.0. The van der Waals surface area contributed by atoms with Gasteiger partial charge in [-0.2, -0.15) is 0 Å². The van der Waals surface area contributed by atoms with E-state index < -0.39 is 0 Å². The zero-order valence-electron chi connectivity index (χ0n) is 11.6. The summed E-state index contributed by atoms with van der Waals surface area (Å²) in [7, 11) is 1.81. The molecular weight excluding hydrogens is 333 g/mol. The first-order chi connectivity index (χ1) is 9.20. The molecular formula is C12H17Cl2N5OS. The quantitative estimate of drug-likeness (QED) is 0.865. The Labute approximate surface area is 139 Å². The molecule has 0 aliphatic rings. The van der Waals surface area contributed by atoms with E-state index in [-0.39, 0.29) is 36.6 Å². The second-order valence-corrected chi connectivity index (χ2v) is 5.05. The van der Waals surface area contributed by atoms with Crippen LogP contribution >= 0.6 is 36.2 Å². The molecule has 1 atom stereocenters. The minimum Gasteiger partial charge on any atom is -0.319 e. The molecule has 0 saturated heterocycles. The zero-order chi connectivity index (χ0) is 13.7. The predicted octanol–water partition coefficient (Wildman–Crippen LogP) is 2.24. The number of anilines is 1. The third-order valence-electron chi connectivity index (χ3n) is 2.50. The van der Waals surface area contributed by atoms with Gasteiger partial charge >= 0.3 is 0 Å². The molecule has 2 heterocycles. The van der Waals surface area contributed by atoms with Crippen LogP contribution < -0.4 is 10.6 Å². The van der Waals surface area contributed by atoms with E-state index in [0.29, 0.717) is 16.7 Å². The van der Waals surface area contributed by atoms with Crippen molar-refractivity contribution in [1.82, 2.24) is 20.5 Å². The van der Waals surface area contributed by atoms with Crippen molar-refractivity contribution < 1.29 is 4.79 Å². The lowest BCUT2D eigenvalue weighted by atomic mass is 10.2. The number of carbonyl (C=O) groups is 1. The topological polar surface area (TPSA) is 79.8 Å². The van der Waals surface area contributed by atoms with Crippen LogP contribution in [0.1, 0.15) is 6.92 Å². The van der Waals surface area contributed by atoms with Gasteiger partial charge in [0.1, 0.15) is 5.69 Å². The fraction of sp³-hybridized carbons (Fsp3) is 0.333. The first-order valence-corrected chi connectivity index (χ1v) is 6.72. The number of aromatic nitrogens is 3. The Morgan fingerprint density at radius 2 is 2.10 bits per heavy atom. The van der Waals surface area contributed by atoms with Crippen molar-refractivity contribution in [2.45, 2.75) is 6.92 Å². The number of nitrogens with zero attached hydrogens (tertiary/aromatic N) is 3. The second-order valence-electron chi connectivity index (χ2n) is 4.08. The first-order valence-electron chi connectivity index (χ1n) is 5.91. The summed E-state index contributed by atoms with van der Waals surface area (Å²) in [6.07, 6.45) is 1.70. The molecule has 2 N–H and O–H groups in total. The van der Waals surface area contributed by atoms with Gasteiger partial charge in [0.2, 0.25) is 11.0 Å². The van der Waals surface area contributed by atoms with Crippen LogP contribution in [0.2, 0.25) is 0 Å². The van der Waals surface area contributed by atoms with Crippen LogP contribution in [0, 0.1) is 5.92 Å². The van der Waals surface area contributed by atoms with E-state index in [9.17, 15) is 4.79 Å². The molecule has 0 saturated carbocycles. The summed E-state index contributed by atoms with van der Waals surface area (Å²) in [6, 6.07) is 5.58. The van der Waals surface area contributed by atoms with Gasteiger partial charge in [0.25, 0.3) is 0 Å². The molecule has 9 heteroatoms. The molecule has 2 aromatic rings. The molecule has 0 aromatic carbocycles. The highest BCUT2D eigenvalue weighted by molar-refractivity contribution is 7.18. The maximum absolute atomic E-state index is 11.8. The molecule has 21 heavy (non-hydrogen) atoms. The van der Waals surface area contributed by atoms with E-state index >= 15 is 0 Å². The Morgan fingerprint density at radius 1 is 1.33 bits per heavy atom. The van der Waals surface area contributed by atoms with Crippen LogP contribution in [0.25, 0.3) is 10.7 Å². The molecule has 0 radical (unpaired) electrons. The maximum atomic E-state index is 11.8. The average molecular weight is 350 g/mol. The molecule has 1 amide bonds. The minimum absolute atomic E-state index is 0. The minimum atomic E-state index is -0.118. The van der Waals surface area contributed by atoms with E-state index in [2.05, 4.69) is 25.8 Å². The van der Waals surface area contributed by atoms with Gasteiger partial charge in [-0.3, -0.25) is 9.78 Å². The van der Waals surface area contributed by atoms with E-state index in [4.69, 9.17) is 0 Å². The molecule has 1 unspecified atom stereocenters. The second kappa shape index (κ2) is 9.62. The van der Waals surface area contributed by atoms with Gasteiger partial charge in [-0.25, -0.2) is 0 Å². The standard InChI is InChI=1S/C12H15N5OS.2ClH/c1-8(7-13-2)10(18)15-12-17-16-11(19-12)9-5-3-4-6-14-9;;/h3-6,8,13H,7H2,1-2H3,(H,15,17,18);2*1H. The molecule has 0 aliphatic heterocycles. The van der Waals surface area contributed by atoms with Crippen LogP contribution in [-0.2, 0) is 4.79 Å². The highest BCUT2D eigenvalue weighted by atomic mass is 35.5. The molecule has 0 aliphatic carbocycles. The van der Waals surface area contributed by atoms with Crippen molar-refractivity contribution in [3.8, 4) is 10.7 Å². The number of rotatable bonds is 5. The number of amides is 1. The lowest BCUT2D eigenvalue weighted by Gasteiger charge is -2.08. The van der Waals surface area contributed by atoms with Crippen molar-refractivity contribution in [2.75, 3.05) is 18.9 Å². The molecule has 2 aromatic heterocycles. The Morgan fingerprint density at radius 3 is 2.71 bits per heavy atom. The van der Waals surface area contributed by atoms with Crippen molar-refractivity contribution in [3.05, 3.63) is 24.4 Å². The van der Waals surface area contributed by atoms with Gasteiger partial charge < -0.3 is 10.6 Å². The fourth-order valence-corrected chi connectivity index (χ4v) is 2.22. The summed E-state index contributed by atoms with van der Waals surface area (Å²) < 4.78 is 0. The van der Waals surface area contributed by atoms with E-state index in [0.717, 1.165) is 5.69 Å². The number of hydrogen-bond acceptors (Lipinski definition) is 6. The monoisotopic (exact) mass is 349 g/mol. The lowest BCUT2D eigenvalue weighted by Crippen LogP contribution is -2.28. The van der Waals surface area contributed by atoms with Gasteiger partial charge in [-0.15, -0.1) is 35.0 Å². The van der Waals surface area contributed by atoms with Crippen LogP contribution in [0.15, 0.2) is 24.4 Å². The highest BCUT2D eigenvalue weighted by Crippen LogP contribution is 2.24. The number of nitrogens with one attached hydrogen (secondary N) is 2. The Hall–Kier alpha value is -1.28. The van der Waals surface area contributed by atoms with E-state index in [1.807, 2.05) is 32.2 Å². The molecule has 0 spiro atoms. The SMILES string of the molecule is CNCC(C)C(=O)Nc1nnc(-c2ccccn2)s1.Cl.Cl. The normalized spacial score (nSPS) is 11.0. The van der Waals surface area contributed by atoms with Gasteiger partial charge in [0.15, 0.2) is 5.01 Å². The van der Waals surface area contributed by atoms with Crippen LogP contribution in [0.3, 0.4) is 0 Å². The summed E-state index contributed by atoms with van der Waals surface area (Å²) in [5.41, 5.74) is 0.753. The number of hydrogen-bond donors (Lipinski definition) is 2. The molecule has 2 rings (SSSR count). The van der Waals surface area contributed by atoms with Crippen LogP contribution in [0.5, 0.6) is 0 Å². The Bertz CT molecular complexity index is 552. The predicted molar refractivity (Wildman–Crippen MR) is 89.4 cm³/mol. The number of pyridine rings is 1. The van der Waals surface area contributed by atoms with Crippen LogP contribution in [-0.4, -0.2) is 34.7 Å². The highest BCUT2D eigenvalue weighted by Gasteiger charge is 2.15. The van der Waals surface area contributed by atoms with Crippen LogP contribution in [0.4, 0.5) is 5.13 Å². The van der Waals surface area contributed by atoms with Gasteiger partial charge in [-0.1, -0.05) is 24.3 Å². The first kappa shape index (κ1) is 19.7. The number of halogens is 2. The molecule has 0 fully saturated rings. The smallest absolute Gasteiger partial charge is 0.230 e. The molecule has 116 valence electrons. The van der Waals surface area contributed by atoms with Gasteiger partial charge in [-0.05, 0) is 19.2 Å². The summed E-state index contributed by atoms with van der Waals surface area (Å²) in [5, 5.41) is 14.9. The van der Waals surface area contributed by atoms with Crippen molar-refractivity contribution >= 4 is 47.2 Å². The largest absolute Gasteiger partial charge is 0.319 e. The van der Waals surface area contributed by atoms with E-state index in [1.54, 1.807) is 6.20 Å². The lowest BCUT2D eigenvalue weighted by molar-refractivity contribution is -0.119. The summed E-state index contributed by atoms with van der Waals surface area (Å²) in [6.45, 7) is 2.48. The fourth-order valence-electron chi connectivity index (χ4n) is 1.49. The Kier molecular flexibility index (Phi) is 9.03. The third kappa shape index (κ3) is 5.55. The number of carbonyl (C=O) groups excluding carboxylic acids is 1. The summed E-state index contributed by atoms with van der Waals surface area (Å²) >= 11 is 1.31. The Balaban J connectivity index is 0.00000200. The summed E-state index contributed by atoms with van der Waals surface area (Å²) in [4.78, 5) is 16.0. The van der Waals surface area contributed by atoms with Crippen molar-refractivity contribution in [3.63, 3.8) is 0 Å². The summed E-state index contributed by atoms with van der Waals surface area (Å²) in [5.74, 6) is -0.190. The third-order valence-corrected chi connectivity index (χ3v) is 3.36.